The van der Waals surface area contributed by atoms with Crippen molar-refractivity contribution in [1.82, 2.24) is 9.96 Å². The summed E-state index contributed by atoms with van der Waals surface area (Å²) in [6, 6.07) is 10.2. The molecule has 3 amide bonds. The van der Waals surface area contributed by atoms with Gasteiger partial charge in [0.05, 0.1) is 37.6 Å². The maximum atomic E-state index is 14.1. The first-order valence-corrected chi connectivity index (χ1v) is 15.6. The third kappa shape index (κ3) is 8.82. The number of fused-ring (bicyclic) bond motifs is 1. The maximum Gasteiger partial charge on any atom is 0.534 e. The van der Waals surface area contributed by atoms with Crippen molar-refractivity contribution in [3.8, 4) is 11.5 Å². The Morgan fingerprint density at radius 3 is 2.30 bits per heavy atom. The highest BCUT2D eigenvalue weighted by Gasteiger charge is 2.38. The van der Waals surface area contributed by atoms with Crippen LogP contribution in [-0.4, -0.2) is 65.5 Å². The SMILES string of the molecule is CCOc1cc([C@@H](CCN(OC(=O)OC(C)(C)C)C(=O)OC(C)(C)C)N2Cc3cccc(NC(=O)C4CC4)c3C2=O)ccc1OC. The minimum Gasteiger partial charge on any atom is -0.493 e. The average molecular weight is 640 g/mol. The van der Waals surface area contributed by atoms with E-state index in [1.807, 2.05) is 25.1 Å². The molecule has 4 rings (SSSR count). The van der Waals surface area contributed by atoms with Crippen LogP contribution in [0.1, 0.15) is 95.3 Å². The average Bonchev–Trinajstić information content (AvgIpc) is 3.75. The van der Waals surface area contributed by atoms with Crippen LogP contribution in [0.15, 0.2) is 36.4 Å². The second-order valence-corrected chi connectivity index (χ2v) is 13.3. The molecule has 2 aliphatic rings. The van der Waals surface area contributed by atoms with Gasteiger partial charge in [0, 0.05) is 12.5 Å². The zero-order chi connectivity index (χ0) is 33.8. The summed E-state index contributed by atoms with van der Waals surface area (Å²) in [5.74, 6) is 0.603. The van der Waals surface area contributed by atoms with E-state index in [1.54, 1.807) is 71.8 Å². The number of carbonyl (C=O) groups excluding carboxylic acids is 4. The van der Waals surface area contributed by atoms with Gasteiger partial charge >= 0.3 is 12.2 Å². The van der Waals surface area contributed by atoms with Crippen molar-refractivity contribution in [3.63, 3.8) is 0 Å². The predicted octanol–water partition coefficient (Wildman–Crippen LogP) is 6.63. The van der Waals surface area contributed by atoms with Crippen molar-refractivity contribution in [2.75, 3.05) is 25.6 Å². The van der Waals surface area contributed by atoms with Gasteiger partial charge in [0.25, 0.3) is 5.91 Å². The third-order valence-electron chi connectivity index (χ3n) is 7.20. The van der Waals surface area contributed by atoms with Crippen LogP contribution in [0.3, 0.4) is 0 Å². The third-order valence-corrected chi connectivity index (χ3v) is 7.20. The number of nitrogens with one attached hydrogen (secondary N) is 1. The molecule has 1 aliphatic carbocycles. The molecule has 2 aromatic carbocycles. The Hall–Kier alpha value is -4.48. The number of rotatable bonds is 10. The largest absolute Gasteiger partial charge is 0.534 e. The first-order valence-electron chi connectivity index (χ1n) is 15.6. The van der Waals surface area contributed by atoms with Crippen molar-refractivity contribution in [1.29, 1.82) is 0 Å². The maximum absolute atomic E-state index is 14.1. The standard InChI is InChI=1S/C34H45N3O9/c1-9-43-27-19-22(15-16-26(27)42-8)25(17-18-37(31(40)44-33(2,3)4)46-32(41)45-34(5,6)7)36-20-23-11-10-12-24(28(23)30(36)39)35-29(38)21-13-14-21/h10-12,15-16,19,21,25H,9,13-14,17-18,20H2,1-8H3,(H,35,38)/t25-/m1/s1. The number of hydroxylamine groups is 2. The first-order chi connectivity index (χ1) is 21.6. The fraction of sp³-hybridized carbons (Fsp3) is 0.529. The first kappa shape index (κ1) is 34.4. The fourth-order valence-electron chi connectivity index (χ4n) is 5.08. The summed E-state index contributed by atoms with van der Waals surface area (Å²) >= 11 is 0. The van der Waals surface area contributed by atoms with Crippen LogP contribution in [0.4, 0.5) is 15.3 Å². The van der Waals surface area contributed by atoms with Crippen molar-refractivity contribution < 1.29 is 43.0 Å². The topological polar surface area (TPSA) is 133 Å². The molecule has 0 spiro atoms. The molecule has 0 bridgehead atoms. The lowest BCUT2D eigenvalue weighted by Gasteiger charge is -2.32. The molecule has 0 saturated heterocycles. The number of hydrogen-bond acceptors (Lipinski definition) is 9. The summed E-state index contributed by atoms with van der Waals surface area (Å²) in [5.41, 5.74) is 0.621. The molecule has 0 radical (unpaired) electrons. The highest BCUT2D eigenvalue weighted by Crippen LogP contribution is 2.40. The number of ether oxygens (including phenoxy) is 4. The van der Waals surface area contributed by atoms with E-state index in [9.17, 15) is 19.2 Å². The molecule has 0 aromatic heterocycles. The van der Waals surface area contributed by atoms with Crippen LogP contribution in [0.5, 0.6) is 11.5 Å². The summed E-state index contributed by atoms with van der Waals surface area (Å²) < 4.78 is 22.1. The number of nitrogens with zero attached hydrogens (tertiary/aromatic N) is 2. The van der Waals surface area contributed by atoms with Gasteiger partial charge in [-0.2, -0.15) is 0 Å². The molecule has 1 heterocycles. The lowest BCUT2D eigenvalue weighted by Crippen LogP contribution is -2.41. The number of benzene rings is 2. The molecule has 46 heavy (non-hydrogen) atoms. The Kier molecular flexibility index (Phi) is 10.4. The quantitative estimate of drug-likeness (QED) is 0.225. The van der Waals surface area contributed by atoms with Gasteiger partial charge in [-0.25, -0.2) is 9.59 Å². The molecule has 1 aliphatic heterocycles. The molecule has 1 fully saturated rings. The van der Waals surface area contributed by atoms with Gasteiger partial charge in [0.2, 0.25) is 5.91 Å². The number of amides is 3. The van der Waals surface area contributed by atoms with Gasteiger partial charge in [-0.05, 0) is 97.1 Å². The van der Waals surface area contributed by atoms with Gasteiger partial charge in [0.1, 0.15) is 11.2 Å². The number of methoxy groups -OCH3 is 1. The van der Waals surface area contributed by atoms with E-state index in [1.165, 1.54) is 0 Å². The normalized spacial score (nSPS) is 15.0. The minimum atomic E-state index is -1.07. The summed E-state index contributed by atoms with van der Waals surface area (Å²) in [6.07, 6.45) is -0.144. The molecule has 12 heteroatoms. The van der Waals surface area contributed by atoms with Crippen molar-refractivity contribution in [2.24, 2.45) is 5.92 Å². The second kappa shape index (κ2) is 13.9. The van der Waals surface area contributed by atoms with Gasteiger partial charge < -0.3 is 34.0 Å². The van der Waals surface area contributed by atoms with Crippen molar-refractivity contribution >= 4 is 29.8 Å². The van der Waals surface area contributed by atoms with Gasteiger partial charge in [-0.1, -0.05) is 18.2 Å². The van der Waals surface area contributed by atoms with Crippen LogP contribution >= 0.6 is 0 Å². The Morgan fingerprint density at radius 2 is 1.70 bits per heavy atom. The lowest BCUT2D eigenvalue weighted by molar-refractivity contribution is -0.137. The van der Waals surface area contributed by atoms with E-state index in [4.69, 9.17) is 23.8 Å². The zero-order valence-electron chi connectivity index (χ0n) is 27.9. The summed E-state index contributed by atoms with van der Waals surface area (Å²) in [4.78, 5) is 59.7. The smallest absolute Gasteiger partial charge is 0.493 e. The van der Waals surface area contributed by atoms with Crippen LogP contribution in [0.2, 0.25) is 0 Å². The fourth-order valence-corrected chi connectivity index (χ4v) is 5.08. The molecule has 1 N–H and O–H groups in total. The van der Waals surface area contributed by atoms with Crippen LogP contribution in [0.25, 0.3) is 0 Å². The molecule has 250 valence electrons. The van der Waals surface area contributed by atoms with E-state index < -0.39 is 29.5 Å². The highest BCUT2D eigenvalue weighted by molar-refractivity contribution is 6.07. The summed E-state index contributed by atoms with van der Waals surface area (Å²) in [7, 11) is 1.54. The Labute approximate surface area is 270 Å². The van der Waals surface area contributed by atoms with E-state index in [0.717, 1.165) is 23.5 Å². The Morgan fingerprint density at radius 1 is 1.00 bits per heavy atom. The summed E-state index contributed by atoms with van der Waals surface area (Å²) in [6.45, 7) is 12.5. The molecular formula is C34H45N3O9. The molecule has 0 unspecified atom stereocenters. The van der Waals surface area contributed by atoms with Crippen LogP contribution in [-0.2, 0) is 25.7 Å². The highest BCUT2D eigenvalue weighted by atomic mass is 16.8. The van der Waals surface area contributed by atoms with Gasteiger partial charge in [-0.3, -0.25) is 9.59 Å². The number of anilines is 1. The molecule has 12 nitrogen and oxygen atoms in total. The molecular weight excluding hydrogens is 594 g/mol. The minimum absolute atomic E-state index is 0.0312. The van der Waals surface area contributed by atoms with Crippen LogP contribution < -0.4 is 14.8 Å². The summed E-state index contributed by atoms with van der Waals surface area (Å²) in [5, 5.41) is 3.75. The van der Waals surface area contributed by atoms with E-state index in [0.29, 0.717) is 34.9 Å². The number of hydrogen-bond donors (Lipinski definition) is 1. The lowest BCUT2D eigenvalue weighted by atomic mass is 10.0. The molecule has 1 saturated carbocycles. The predicted molar refractivity (Wildman–Crippen MR) is 169 cm³/mol. The monoisotopic (exact) mass is 639 g/mol. The van der Waals surface area contributed by atoms with E-state index in [-0.39, 0.29) is 37.2 Å². The van der Waals surface area contributed by atoms with Crippen molar-refractivity contribution in [3.05, 3.63) is 53.1 Å². The Bertz CT molecular complexity index is 1460. The van der Waals surface area contributed by atoms with E-state index in [2.05, 4.69) is 5.32 Å². The second-order valence-electron chi connectivity index (χ2n) is 13.3. The molecule has 1 atom stereocenters. The zero-order valence-corrected chi connectivity index (χ0v) is 27.9. The van der Waals surface area contributed by atoms with Crippen LogP contribution in [0, 0.1) is 5.92 Å². The molecule has 2 aromatic rings. The van der Waals surface area contributed by atoms with Gasteiger partial charge in [-0.15, -0.1) is 5.06 Å². The Balaban J connectivity index is 1.68. The number of carbonyl (C=O) groups is 4. The van der Waals surface area contributed by atoms with Gasteiger partial charge in [0.15, 0.2) is 11.5 Å². The van der Waals surface area contributed by atoms with Crippen molar-refractivity contribution in [2.45, 2.75) is 91.5 Å². The van der Waals surface area contributed by atoms with E-state index >= 15 is 0 Å².